The Morgan fingerprint density at radius 3 is 1.60 bits per heavy atom. The molecule has 0 saturated carbocycles. The van der Waals surface area contributed by atoms with Gasteiger partial charge in [0, 0.05) is 0 Å². The first-order valence-corrected chi connectivity index (χ1v) is 9.81. The van der Waals surface area contributed by atoms with Crippen LogP contribution < -0.4 is 0 Å². The van der Waals surface area contributed by atoms with Gasteiger partial charge in [0.25, 0.3) is 0 Å². The molecular formula is C25H42. The molecule has 0 heteroatoms. The van der Waals surface area contributed by atoms with Gasteiger partial charge in [0.1, 0.15) is 0 Å². The van der Waals surface area contributed by atoms with Crippen molar-refractivity contribution in [2.45, 2.75) is 75.7 Å². The number of hydrogen-bond acceptors (Lipinski definition) is 0. The van der Waals surface area contributed by atoms with Gasteiger partial charge in [-0.2, -0.15) is 0 Å². The molecule has 0 aliphatic carbocycles. The van der Waals surface area contributed by atoms with Crippen LogP contribution in [0, 0.1) is 13.8 Å². The van der Waals surface area contributed by atoms with Gasteiger partial charge >= 0.3 is 0 Å². The molecule has 2 rings (SSSR count). The zero-order valence-corrected chi connectivity index (χ0v) is 18.5. The summed E-state index contributed by atoms with van der Waals surface area (Å²) in [7, 11) is 0. The topological polar surface area (TPSA) is 0 Å². The fraction of sp³-hybridized carbons (Fsp3) is 0.440. The first kappa shape index (κ1) is 28.0. The first-order valence-electron chi connectivity index (χ1n) is 9.81. The number of benzene rings is 2. The number of aryl methyl sites for hydroxylation is 3. The van der Waals surface area contributed by atoms with E-state index in [1.165, 1.54) is 22.3 Å². The minimum atomic E-state index is 1.14. The molecule has 142 valence electrons. The van der Waals surface area contributed by atoms with Crippen molar-refractivity contribution < 1.29 is 0 Å². The molecule has 2 aromatic rings. The van der Waals surface area contributed by atoms with Crippen molar-refractivity contribution in [2.75, 3.05) is 0 Å². The zero-order chi connectivity index (χ0) is 20.3. The van der Waals surface area contributed by atoms with Gasteiger partial charge in [0.15, 0.2) is 0 Å². The van der Waals surface area contributed by atoms with Gasteiger partial charge < -0.3 is 0 Å². The molecule has 0 radical (unpaired) electrons. The molecule has 0 aliphatic rings. The van der Waals surface area contributed by atoms with E-state index in [2.05, 4.69) is 69.8 Å². The standard InChI is InChI=1S/C11H14.C8H10.3C2H6/c1-8(2)11-7-9(3)5-6-10(11)4;1-2-8-6-4-3-5-7-8;3*1-2/h5-7H,1H2,2-4H3;3-7H,2H2,1H3;3*1-2H3. The lowest BCUT2D eigenvalue weighted by Gasteiger charge is -2.05. The second-order valence-corrected chi connectivity index (χ2v) is 4.94. The monoisotopic (exact) mass is 342 g/mol. The molecule has 0 bridgehead atoms. The Morgan fingerprint density at radius 1 is 0.800 bits per heavy atom. The van der Waals surface area contributed by atoms with Gasteiger partial charge in [-0.15, -0.1) is 0 Å². The van der Waals surface area contributed by atoms with Crippen LogP contribution in [-0.4, -0.2) is 0 Å². The predicted octanol–water partition coefficient (Wildman–Crippen LogP) is 8.66. The molecule has 0 nitrogen and oxygen atoms in total. The summed E-state index contributed by atoms with van der Waals surface area (Å²) in [5.74, 6) is 0. The van der Waals surface area contributed by atoms with E-state index >= 15 is 0 Å². The summed E-state index contributed by atoms with van der Waals surface area (Å²) in [6.07, 6.45) is 1.14. The van der Waals surface area contributed by atoms with Crippen LogP contribution in [0.15, 0.2) is 55.1 Å². The number of allylic oxidation sites excluding steroid dienone is 1. The Kier molecular flexibility index (Phi) is 22.7. The highest BCUT2D eigenvalue weighted by atomic mass is 14.0. The third kappa shape index (κ3) is 14.2. The second-order valence-electron chi connectivity index (χ2n) is 4.94. The molecule has 2 aromatic carbocycles. The summed E-state index contributed by atoms with van der Waals surface area (Å²) in [5.41, 5.74) is 6.44. The van der Waals surface area contributed by atoms with Crippen molar-refractivity contribution in [3.8, 4) is 0 Å². The van der Waals surface area contributed by atoms with Crippen molar-refractivity contribution in [3.05, 3.63) is 77.4 Å². The van der Waals surface area contributed by atoms with Crippen LogP contribution in [0.2, 0.25) is 0 Å². The lowest BCUT2D eigenvalue weighted by molar-refractivity contribution is 1.14. The SMILES string of the molecule is C=C(C)c1cc(C)ccc1C.CC.CC.CC.CCc1ccccc1. The van der Waals surface area contributed by atoms with Crippen molar-refractivity contribution in [2.24, 2.45) is 0 Å². The van der Waals surface area contributed by atoms with Crippen molar-refractivity contribution in [1.82, 2.24) is 0 Å². The van der Waals surface area contributed by atoms with Gasteiger partial charge in [-0.05, 0) is 43.9 Å². The van der Waals surface area contributed by atoms with E-state index in [1.807, 2.05) is 54.5 Å². The third-order valence-corrected chi connectivity index (χ3v) is 3.10. The van der Waals surface area contributed by atoms with Gasteiger partial charge in [-0.3, -0.25) is 0 Å². The van der Waals surface area contributed by atoms with Crippen LogP contribution in [0.4, 0.5) is 0 Å². The third-order valence-electron chi connectivity index (χ3n) is 3.10. The van der Waals surface area contributed by atoms with E-state index in [-0.39, 0.29) is 0 Å². The Hall–Kier alpha value is -1.82. The molecule has 0 fully saturated rings. The van der Waals surface area contributed by atoms with E-state index in [0.717, 1.165) is 12.0 Å². The summed E-state index contributed by atoms with van der Waals surface area (Å²) in [5, 5.41) is 0. The van der Waals surface area contributed by atoms with Crippen LogP contribution >= 0.6 is 0 Å². The molecule has 0 aliphatic heterocycles. The molecular weight excluding hydrogens is 300 g/mol. The maximum Gasteiger partial charge on any atom is -0.0201 e. The quantitative estimate of drug-likeness (QED) is 0.512. The molecule has 0 amide bonds. The van der Waals surface area contributed by atoms with Crippen molar-refractivity contribution in [3.63, 3.8) is 0 Å². The molecule has 0 heterocycles. The zero-order valence-electron chi connectivity index (χ0n) is 18.5. The predicted molar refractivity (Wildman–Crippen MR) is 120 cm³/mol. The van der Waals surface area contributed by atoms with Crippen LogP contribution in [0.3, 0.4) is 0 Å². The molecule has 0 saturated heterocycles. The number of rotatable bonds is 2. The molecule has 0 N–H and O–H groups in total. The molecule has 0 aromatic heterocycles. The second kappa shape index (κ2) is 20.2. The minimum Gasteiger partial charge on any atom is -0.0955 e. The van der Waals surface area contributed by atoms with Gasteiger partial charge in [-0.1, -0.05) is 115 Å². The fourth-order valence-corrected chi connectivity index (χ4v) is 1.91. The Morgan fingerprint density at radius 2 is 1.28 bits per heavy atom. The van der Waals surface area contributed by atoms with Crippen LogP contribution in [0.25, 0.3) is 5.57 Å². The van der Waals surface area contributed by atoms with E-state index in [0.29, 0.717) is 0 Å². The van der Waals surface area contributed by atoms with Gasteiger partial charge in [0.05, 0.1) is 0 Å². The highest BCUT2D eigenvalue weighted by molar-refractivity contribution is 5.64. The van der Waals surface area contributed by atoms with Gasteiger partial charge in [0.2, 0.25) is 0 Å². The minimum absolute atomic E-state index is 1.14. The highest BCUT2D eigenvalue weighted by Gasteiger charge is 1.97. The van der Waals surface area contributed by atoms with E-state index in [1.54, 1.807) is 0 Å². The maximum atomic E-state index is 3.93. The summed E-state index contributed by atoms with van der Waals surface area (Å²) < 4.78 is 0. The van der Waals surface area contributed by atoms with E-state index in [4.69, 9.17) is 0 Å². The average molecular weight is 343 g/mol. The molecule has 25 heavy (non-hydrogen) atoms. The Bertz CT molecular complexity index is 521. The van der Waals surface area contributed by atoms with E-state index < -0.39 is 0 Å². The average Bonchev–Trinajstić information content (AvgIpc) is 2.69. The Balaban J connectivity index is -0.000000305. The van der Waals surface area contributed by atoms with E-state index in [9.17, 15) is 0 Å². The summed E-state index contributed by atoms with van der Waals surface area (Å²) in [6, 6.07) is 16.9. The van der Waals surface area contributed by atoms with Gasteiger partial charge in [-0.25, -0.2) is 0 Å². The highest BCUT2D eigenvalue weighted by Crippen LogP contribution is 2.17. The largest absolute Gasteiger partial charge is 0.0955 e. The number of hydrogen-bond donors (Lipinski definition) is 0. The van der Waals surface area contributed by atoms with Crippen molar-refractivity contribution in [1.29, 1.82) is 0 Å². The van der Waals surface area contributed by atoms with Crippen LogP contribution in [-0.2, 0) is 6.42 Å². The summed E-state index contributed by atoms with van der Waals surface area (Å²) >= 11 is 0. The molecule has 0 atom stereocenters. The maximum absolute atomic E-state index is 3.93. The van der Waals surface area contributed by atoms with Crippen LogP contribution in [0.5, 0.6) is 0 Å². The Labute approximate surface area is 159 Å². The van der Waals surface area contributed by atoms with Crippen molar-refractivity contribution >= 4 is 5.57 Å². The first-order chi connectivity index (χ1) is 12.0. The smallest absolute Gasteiger partial charge is 0.0201 e. The molecule has 0 unspecified atom stereocenters. The summed E-state index contributed by atoms with van der Waals surface area (Å²) in [6.45, 7) is 24.4. The normalized spacial score (nSPS) is 7.92. The summed E-state index contributed by atoms with van der Waals surface area (Å²) in [4.78, 5) is 0. The fourth-order valence-electron chi connectivity index (χ4n) is 1.91. The molecule has 0 spiro atoms. The van der Waals surface area contributed by atoms with Crippen LogP contribution in [0.1, 0.15) is 77.6 Å². The lowest BCUT2D eigenvalue weighted by atomic mass is 10.0. The lowest BCUT2D eigenvalue weighted by Crippen LogP contribution is -1.85.